The Morgan fingerprint density at radius 1 is 1.37 bits per heavy atom. The Kier molecular flexibility index (Phi) is 4.34. The van der Waals surface area contributed by atoms with Crippen LogP contribution in [0.5, 0.6) is 0 Å². The number of nitrogens with two attached hydrogens (primary N) is 1. The molecule has 0 saturated carbocycles. The molecule has 0 aliphatic carbocycles. The quantitative estimate of drug-likeness (QED) is 0.785. The third-order valence-corrected chi connectivity index (χ3v) is 3.30. The summed E-state index contributed by atoms with van der Waals surface area (Å²) in [5, 5.41) is 8.89. The summed E-state index contributed by atoms with van der Waals surface area (Å²) >= 11 is 0. The number of nitrogens with zero attached hydrogens (tertiary/aromatic N) is 3. The Hall–Kier alpha value is -1.66. The first-order valence-corrected chi connectivity index (χ1v) is 6.47. The zero-order chi connectivity index (χ0) is 13.8. The van der Waals surface area contributed by atoms with Gasteiger partial charge >= 0.3 is 0 Å². The largest absolute Gasteiger partial charge is 0.395 e. The standard InChI is InChI=1S/C13H20N4O2/c1-10-8-11(9-12(14)15-10)13(19)17-4-2-16(3-5-17)6-7-18/h8-9,18H,2-7H2,1H3,(H2,14,15). The van der Waals surface area contributed by atoms with E-state index in [2.05, 4.69) is 9.88 Å². The van der Waals surface area contributed by atoms with Crippen molar-refractivity contribution < 1.29 is 9.90 Å². The monoisotopic (exact) mass is 264 g/mol. The van der Waals surface area contributed by atoms with Gasteiger partial charge < -0.3 is 15.7 Å². The fourth-order valence-electron chi connectivity index (χ4n) is 2.32. The van der Waals surface area contributed by atoms with Crippen molar-refractivity contribution in [2.24, 2.45) is 0 Å². The summed E-state index contributed by atoms with van der Waals surface area (Å²) in [6, 6.07) is 3.38. The van der Waals surface area contributed by atoms with Crippen LogP contribution in [0.15, 0.2) is 12.1 Å². The van der Waals surface area contributed by atoms with Crippen molar-refractivity contribution in [3.05, 3.63) is 23.4 Å². The van der Waals surface area contributed by atoms with E-state index in [0.717, 1.165) is 18.8 Å². The number of carbonyl (C=O) groups is 1. The minimum absolute atomic E-state index is 0.000786. The highest BCUT2D eigenvalue weighted by atomic mass is 16.3. The van der Waals surface area contributed by atoms with Crippen LogP contribution >= 0.6 is 0 Å². The molecule has 1 aromatic rings. The van der Waals surface area contributed by atoms with E-state index in [1.165, 1.54) is 0 Å². The lowest BCUT2D eigenvalue weighted by atomic mass is 10.2. The molecule has 104 valence electrons. The number of rotatable bonds is 3. The molecule has 0 radical (unpaired) electrons. The summed E-state index contributed by atoms with van der Waals surface area (Å²) in [4.78, 5) is 20.4. The Morgan fingerprint density at radius 3 is 2.63 bits per heavy atom. The maximum atomic E-state index is 12.3. The maximum Gasteiger partial charge on any atom is 0.254 e. The highest BCUT2D eigenvalue weighted by Gasteiger charge is 2.22. The number of hydrogen-bond donors (Lipinski definition) is 2. The van der Waals surface area contributed by atoms with E-state index in [9.17, 15) is 4.79 Å². The van der Waals surface area contributed by atoms with Crippen molar-refractivity contribution in [1.82, 2.24) is 14.8 Å². The van der Waals surface area contributed by atoms with Gasteiger partial charge in [0, 0.05) is 44.0 Å². The second kappa shape index (κ2) is 5.99. The molecule has 1 fully saturated rings. The zero-order valence-electron chi connectivity index (χ0n) is 11.2. The summed E-state index contributed by atoms with van der Waals surface area (Å²) in [5.74, 6) is 0.378. The molecule has 1 amide bonds. The van der Waals surface area contributed by atoms with Crippen LogP contribution in [-0.4, -0.2) is 65.1 Å². The average Bonchev–Trinajstić information content (AvgIpc) is 2.38. The number of aromatic nitrogens is 1. The van der Waals surface area contributed by atoms with E-state index in [0.29, 0.717) is 31.0 Å². The predicted molar refractivity (Wildman–Crippen MR) is 72.8 cm³/mol. The van der Waals surface area contributed by atoms with Crippen molar-refractivity contribution >= 4 is 11.7 Å². The molecule has 1 aliphatic rings. The number of aliphatic hydroxyl groups excluding tert-OH is 1. The van der Waals surface area contributed by atoms with Gasteiger partial charge in [-0.1, -0.05) is 0 Å². The van der Waals surface area contributed by atoms with Gasteiger partial charge in [-0.05, 0) is 19.1 Å². The molecule has 1 saturated heterocycles. The minimum atomic E-state index is 0.000786. The lowest BCUT2D eigenvalue weighted by molar-refractivity contribution is 0.0615. The van der Waals surface area contributed by atoms with Gasteiger partial charge in [0.15, 0.2) is 0 Å². The number of hydrogen-bond acceptors (Lipinski definition) is 5. The number of aryl methyl sites for hydroxylation is 1. The molecule has 0 unspecified atom stereocenters. The van der Waals surface area contributed by atoms with Gasteiger partial charge in [-0.3, -0.25) is 9.69 Å². The predicted octanol–water partition coefficient (Wildman–Crippen LogP) is -0.278. The number of piperazine rings is 1. The van der Waals surface area contributed by atoms with E-state index < -0.39 is 0 Å². The van der Waals surface area contributed by atoms with Crippen molar-refractivity contribution in [2.75, 3.05) is 45.1 Å². The van der Waals surface area contributed by atoms with Gasteiger partial charge in [-0.15, -0.1) is 0 Å². The van der Waals surface area contributed by atoms with Gasteiger partial charge in [-0.2, -0.15) is 0 Å². The van der Waals surface area contributed by atoms with Gasteiger partial charge in [0.1, 0.15) is 5.82 Å². The molecule has 0 aromatic carbocycles. The number of anilines is 1. The molecule has 0 bridgehead atoms. The highest BCUT2D eigenvalue weighted by molar-refractivity contribution is 5.95. The van der Waals surface area contributed by atoms with E-state index in [1.807, 2.05) is 11.8 Å². The summed E-state index contributed by atoms with van der Waals surface area (Å²) in [7, 11) is 0. The molecular weight excluding hydrogens is 244 g/mol. The van der Waals surface area contributed by atoms with E-state index in [-0.39, 0.29) is 12.5 Å². The van der Waals surface area contributed by atoms with Crippen molar-refractivity contribution in [2.45, 2.75) is 6.92 Å². The lowest BCUT2D eigenvalue weighted by Crippen LogP contribution is -2.49. The molecule has 0 spiro atoms. The normalized spacial score (nSPS) is 16.6. The van der Waals surface area contributed by atoms with Crippen molar-refractivity contribution in [1.29, 1.82) is 0 Å². The molecule has 1 aromatic heterocycles. The van der Waals surface area contributed by atoms with Crippen LogP contribution in [-0.2, 0) is 0 Å². The molecule has 3 N–H and O–H groups in total. The first-order valence-electron chi connectivity index (χ1n) is 6.47. The molecule has 0 atom stereocenters. The third-order valence-electron chi connectivity index (χ3n) is 3.30. The average molecular weight is 264 g/mol. The Balaban J connectivity index is 2.01. The Bertz CT molecular complexity index is 436. The van der Waals surface area contributed by atoms with Crippen LogP contribution in [0.25, 0.3) is 0 Å². The van der Waals surface area contributed by atoms with Crippen LogP contribution in [0.2, 0.25) is 0 Å². The highest BCUT2D eigenvalue weighted by Crippen LogP contribution is 2.12. The van der Waals surface area contributed by atoms with Crippen molar-refractivity contribution in [3.8, 4) is 0 Å². The van der Waals surface area contributed by atoms with Gasteiger partial charge in [0.25, 0.3) is 5.91 Å². The van der Waals surface area contributed by atoms with E-state index in [4.69, 9.17) is 10.8 Å². The van der Waals surface area contributed by atoms with E-state index >= 15 is 0 Å². The molecular formula is C13H20N4O2. The lowest BCUT2D eigenvalue weighted by Gasteiger charge is -2.34. The number of amides is 1. The smallest absolute Gasteiger partial charge is 0.254 e. The number of nitrogen functional groups attached to an aromatic ring is 1. The first kappa shape index (κ1) is 13.8. The summed E-state index contributed by atoms with van der Waals surface area (Å²) in [6.07, 6.45) is 0. The topological polar surface area (TPSA) is 82.7 Å². The van der Waals surface area contributed by atoms with Crippen molar-refractivity contribution in [3.63, 3.8) is 0 Å². The van der Waals surface area contributed by atoms with Crippen LogP contribution in [0.4, 0.5) is 5.82 Å². The van der Waals surface area contributed by atoms with Crippen LogP contribution < -0.4 is 5.73 Å². The van der Waals surface area contributed by atoms with Gasteiger partial charge in [0.05, 0.1) is 6.61 Å². The third kappa shape index (κ3) is 3.42. The van der Waals surface area contributed by atoms with Gasteiger partial charge in [-0.25, -0.2) is 4.98 Å². The molecule has 1 aliphatic heterocycles. The van der Waals surface area contributed by atoms with E-state index in [1.54, 1.807) is 12.1 Å². The summed E-state index contributed by atoms with van der Waals surface area (Å²) in [5.41, 5.74) is 7.02. The summed E-state index contributed by atoms with van der Waals surface area (Å²) < 4.78 is 0. The number of carbonyl (C=O) groups excluding carboxylic acids is 1. The molecule has 2 rings (SSSR count). The van der Waals surface area contributed by atoms with Crippen LogP contribution in [0, 0.1) is 6.92 Å². The fraction of sp³-hybridized carbons (Fsp3) is 0.538. The fourth-order valence-corrected chi connectivity index (χ4v) is 2.32. The molecule has 6 heteroatoms. The van der Waals surface area contributed by atoms with Crippen LogP contribution in [0.3, 0.4) is 0 Å². The van der Waals surface area contributed by atoms with Crippen LogP contribution in [0.1, 0.15) is 16.1 Å². The summed E-state index contributed by atoms with van der Waals surface area (Å²) in [6.45, 7) is 5.61. The Morgan fingerprint density at radius 2 is 2.05 bits per heavy atom. The first-order chi connectivity index (χ1) is 9.10. The minimum Gasteiger partial charge on any atom is -0.395 e. The zero-order valence-corrected chi connectivity index (χ0v) is 11.2. The molecule has 6 nitrogen and oxygen atoms in total. The molecule has 2 heterocycles. The second-order valence-corrected chi connectivity index (χ2v) is 4.78. The molecule has 19 heavy (non-hydrogen) atoms. The number of aliphatic hydroxyl groups is 1. The number of pyridine rings is 1. The SMILES string of the molecule is Cc1cc(C(=O)N2CCN(CCO)CC2)cc(N)n1. The Labute approximate surface area is 112 Å². The van der Waals surface area contributed by atoms with Gasteiger partial charge in [0.2, 0.25) is 0 Å². The second-order valence-electron chi connectivity index (χ2n) is 4.78. The number of β-amino-alcohol motifs (C(OH)–C–C–N with tert-alkyl or cyclic N) is 1. The maximum absolute atomic E-state index is 12.3.